The first-order valence-electron chi connectivity index (χ1n) is 7.02. The number of benzene rings is 2. The van der Waals surface area contributed by atoms with Crippen molar-refractivity contribution >= 4 is 40.7 Å². The highest BCUT2D eigenvalue weighted by atomic mass is 35.5. The minimum atomic E-state index is -0.101. The second-order valence-corrected chi connectivity index (χ2v) is 6.25. The van der Waals surface area contributed by atoms with Crippen molar-refractivity contribution in [2.75, 3.05) is 13.7 Å². The number of halogens is 3. The van der Waals surface area contributed by atoms with E-state index in [1.54, 1.807) is 37.4 Å². The third-order valence-electron chi connectivity index (χ3n) is 3.33. The maximum Gasteiger partial charge on any atom is 0.224 e. The maximum absolute atomic E-state index is 12.1. The molecular formula is C17H16Cl3NO2. The summed E-state index contributed by atoms with van der Waals surface area (Å²) in [5.41, 5.74) is 1.69. The SMILES string of the molecule is COc1ccc(Cl)cc1CC(=O)NCCc1ccc(Cl)cc1Cl. The van der Waals surface area contributed by atoms with Crippen LogP contribution in [0.3, 0.4) is 0 Å². The Labute approximate surface area is 150 Å². The van der Waals surface area contributed by atoms with Crippen LogP contribution in [0.1, 0.15) is 11.1 Å². The largest absolute Gasteiger partial charge is 0.496 e. The minimum Gasteiger partial charge on any atom is -0.496 e. The molecule has 0 radical (unpaired) electrons. The molecule has 2 aromatic carbocycles. The van der Waals surface area contributed by atoms with Crippen molar-refractivity contribution in [3.8, 4) is 5.75 Å². The number of hydrogen-bond donors (Lipinski definition) is 1. The lowest BCUT2D eigenvalue weighted by Gasteiger charge is -2.10. The third-order valence-corrected chi connectivity index (χ3v) is 4.15. The molecule has 0 bridgehead atoms. The zero-order valence-electron chi connectivity index (χ0n) is 12.5. The van der Waals surface area contributed by atoms with Crippen molar-refractivity contribution in [1.82, 2.24) is 5.32 Å². The second kappa shape index (κ2) is 8.44. The lowest BCUT2D eigenvalue weighted by atomic mass is 10.1. The molecule has 2 aromatic rings. The molecule has 0 aliphatic carbocycles. The number of ether oxygens (including phenoxy) is 1. The van der Waals surface area contributed by atoms with Crippen LogP contribution in [0, 0.1) is 0 Å². The molecule has 0 aromatic heterocycles. The number of nitrogens with one attached hydrogen (secondary N) is 1. The van der Waals surface area contributed by atoms with Crippen LogP contribution in [-0.2, 0) is 17.6 Å². The molecule has 1 N–H and O–H groups in total. The highest BCUT2D eigenvalue weighted by Gasteiger charge is 2.10. The van der Waals surface area contributed by atoms with E-state index in [4.69, 9.17) is 39.5 Å². The van der Waals surface area contributed by atoms with E-state index >= 15 is 0 Å². The van der Waals surface area contributed by atoms with E-state index in [1.165, 1.54) is 0 Å². The molecule has 0 atom stereocenters. The fourth-order valence-corrected chi connectivity index (χ4v) is 2.88. The predicted molar refractivity (Wildman–Crippen MR) is 94.9 cm³/mol. The fraction of sp³-hybridized carbons (Fsp3) is 0.235. The third kappa shape index (κ3) is 5.31. The molecule has 0 saturated heterocycles. The highest BCUT2D eigenvalue weighted by Crippen LogP contribution is 2.23. The van der Waals surface area contributed by atoms with Crippen molar-refractivity contribution in [2.45, 2.75) is 12.8 Å². The van der Waals surface area contributed by atoms with E-state index in [2.05, 4.69) is 5.32 Å². The van der Waals surface area contributed by atoms with Crippen LogP contribution in [0.4, 0.5) is 0 Å². The molecule has 6 heteroatoms. The average molecular weight is 373 g/mol. The Morgan fingerprint density at radius 2 is 1.74 bits per heavy atom. The van der Waals surface area contributed by atoms with E-state index in [9.17, 15) is 4.79 Å². The average Bonchev–Trinajstić information content (AvgIpc) is 2.50. The normalized spacial score (nSPS) is 10.4. The Bertz CT molecular complexity index is 704. The van der Waals surface area contributed by atoms with E-state index in [0.29, 0.717) is 33.8 Å². The summed E-state index contributed by atoms with van der Waals surface area (Å²) in [4.78, 5) is 12.1. The smallest absolute Gasteiger partial charge is 0.224 e. The molecule has 0 unspecified atom stereocenters. The van der Waals surface area contributed by atoms with E-state index in [1.807, 2.05) is 6.07 Å². The summed E-state index contributed by atoms with van der Waals surface area (Å²) >= 11 is 17.9. The molecule has 3 nitrogen and oxygen atoms in total. The van der Waals surface area contributed by atoms with Gasteiger partial charge in [0.05, 0.1) is 13.5 Å². The molecule has 122 valence electrons. The van der Waals surface area contributed by atoms with E-state index in [0.717, 1.165) is 11.1 Å². The molecule has 0 aliphatic rings. The predicted octanol–water partition coefficient (Wildman–Crippen LogP) is 4.56. The van der Waals surface area contributed by atoms with Crippen molar-refractivity contribution in [2.24, 2.45) is 0 Å². The van der Waals surface area contributed by atoms with E-state index < -0.39 is 0 Å². The first kappa shape index (κ1) is 17.9. The number of methoxy groups -OCH3 is 1. The van der Waals surface area contributed by atoms with Crippen molar-refractivity contribution < 1.29 is 9.53 Å². The summed E-state index contributed by atoms with van der Waals surface area (Å²) < 4.78 is 5.23. The van der Waals surface area contributed by atoms with Crippen LogP contribution < -0.4 is 10.1 Å². The fourth-order valence-electron chi connectivity index (χ4n) is 2.18. The molecule has 23 heavy (non-hydrogen) atoms. The summed E-state index contributed by atoms with van der Waals surface area (Å²) in [5, 5.41) is 4.63. The van der Waals surface area contributed by atoms with Gasteiger partial charge in [-0.05, 0) is 42.3 Å². The van der Waals surface area contributed by atoms with Crippen molar-refractivity contribution in [1.29, 1.82) is 0 Å². The minimum absolute atomic E-state index is 0.101. The van der Waals surface area contributed by atoms with Gasteiger partial charge in [0.1, 0.15) is 5.75 Å². The Kier molecular flexibility index (Phi) is 6.58. The zero-order chi connectivity index (χ0) is 16.8. The van der Waals surface area contributed by atoms with Crippen molar-refractivity contribution in [3.05, 3.63) is 62.6 Å². The highest BCUT2D eigenvalue weighted by molar-refractivity contribution is 6.35. The Morgan fingerprint density at radius 1 is 1.04 bits per heavy atom. The van der Waals surface area contributed by atoms with Gasteiger partial charge in [0, 0.05) is 27.2 Å². The van der Waals surface area contributed by atoms with Crippen LogP contribution in [0.15, 0.2) is 36.4 Å². The van der Waals surface area contributed by atoms with Crippen LogP contribution >= 0.6 is 34.8 Å². The van der Waals surface area contributed by atoms with Gasteiger partial charge in [0.25, 0.3) is 0 Å². The quantitative estimate of drug-likeness (QED) is 0.807. The van der Waals surface area contributed by atoms with Gasteiger partial charge in [-0.25, -0.2) is 0 Å². The molecule has 0 fully saturated rings. The summed E-state index contributed by atoms with van der Waals surface area (Å²) in [5.74, 6) is 0.543. The molecule has 1 amide bonds. The monoisotopic (exact) mass is 371 g/mol. The molecule has 0 heterocycles. The molecular weight excluding hydrogens is 357 g/mol. The second-order valence-electron chi connectivity index (χ2n) is 4.97. The topological polar surface area (TPSA) is 38.3 Å². The van der Waals surface area contributed by atoms with Crippen LogP contribution in [0.5, 0.6) is 5.75 Å². The summed E-state index contributed by atoms with van der Waals surface area (Å²) in [6.07, 6.45) is 0.840. The first-order valence-corrected chi connectivity index (χ1v) is 8.16. The Hall–Kier alpha value is -1.42. The van der Waals surface area contributed by atoms with Gasteiger partial charge < -0.3 is 10.1 Å². The standard InChI is InChI=1S/C17H16Cl3NO2/c1-23-16-5-4-13(18)8-12(16)9-17(22)21-7-6-11-2-3-14(19)10-15(11)20/h2-5,8,10H,6-7,9H2,1H3,(H,21,22). The van der Waals surface area contributed by atoms with Crippen LogP contribution in [0.25, 0.3) is 0 Å². The van der Waals surface area contributed by atoms with Gasteiger partial charge in [0.15, 0.2) is 0 Å². The van der Waals surface area contributed by atoms with E-state index in [-0.39, 0.29) is 12.3 Å². The lowest BCUT2D eigenvalue weighted by molar-refractivity contribution is -0.120. The van der Waals surface area contributed by atoms with Gasteiger partial charge in [-0.15, -0.1) is 0 Å². The van der Waals surface area contributed by atoms with Crippen LogP contribution in [-0.4, -0.2) is 19.6 Å². The number of hydrogen-bond acceptors (Lipinski definition) is 2. The number of rotatable bonds is 6. The lowest BCUT2D eigenvalue weighted by Crippen LogP contribution is -2.27. The summed E-state index contributed by atoms with van der Waals surface area (Å²) in [6, 6.07) is 10.5. The molecule has 0 spiro atoms. The molecule has 2 rings (SSSR count). The Morgan fingerprint density at radius 3 is 2.43 bits per heavy atom. The maximum atomic E-state index is 12.1. The van der Waals surface area contributed by atoms with Gasteiger partial charge in [0.2, 0.25) is 5.91 Å². The van der Waals surface area contributed by atoms with Crippen molar-refractivity contribution in [3.63, 3.8) is 0 Å². The molecule has 0 aliphatic heterocycles. The summed E-state index contributed by atoms with van der Waals surface area (Å²) in [7, 11) is 1.56. The van der Waals surface area contributed by atoms with Gasteiger partial charge in [-0.3, -0.25) is 4.79 Å². The Balaban J connectivity index is 1.89. The number of carbonyl (C=O) groups is 1. The zero-order valence-corrected chi connectivity index (χ0v) is 14.8. The molecule has 0 saturated carbocycles. The first-order chi connectivity index (χ1) is 11.0. The van der Waals surface area contributed by atoms with Gasteiger partial charge in [-0.2, -0.15) is 0 Å². The van der Waals surface area contributed by atoms with Crippen LogP contribution in [0.2, 0.25) is 15.1 Å². The number of amides is 1. The van der Waals surface area contributed by atoms with Gasteiger partial charge >= 0.3 is 0 Å². The number of carbonyl (C=O) groups excluding carboxylic acids is 1. The summed E-state index contributed by atoms with van der Waals surface area (Å²) in [6.45, 7) is 0.489. The van der Waals surface area contributed by atoms with Gasteiger partial charge in [-0.1, -0.05) is 40.9 Å².